The number of rotatable bonds is 2. The second kappa shape index (κ2) is 6.05. The third-order valence-corrected chi connectivity index (χ3v) is 5.05. The molecule has 0 saturated heterocycles. The zero-order valence-corrected chi connectivity index (χ0v) is 14.6. The molecule has 2 aromatic carbocycles. The van der Waals surface area contributed by atoms with E-state index in [1.54, 1.807) is 6.07 Å². The molecule has 25 heavy (non-hydrogen) atoms. The molecule has 2 heterocycles. The first-order valence-electron chi connectivity index (χ1n) is 8.23. The number of benzene rings is 2. The van der Waals surface area contributed by atoms with Crippen molar-refractivity contribution in [2.24, 2.45) is 0 Å². The summed E-state index contributed by atoms with van der Waals surface area (Å²) >= 11 is 6.29. The van der Waals surface area contributed by atoms with Gasteiger partial charge in [-0.25, -0.2) is 4.90 Å². The van der Waals surface area contributed by atoms with Crippen molar-refractivity contribution >= 4 is 29.1 Å². The Balaban J connectivity index is 1.67. The quantitative estimate of drug-likeness (QED) is 0.778. The first kappa shape index (κ1) is 15.9. The van der Waals surface area contributed by atoms with Crippen molar-refractivity contribution in [1.82, 2.24) is 4.90 Å². The van der Waals surface area contributed by atoms with E-state index in [1.165, 1.54) is 16.0 Å². The van der Waals surface area contributed by atoms with Crippen LogP contribution in [-0.4, -0.2) is 23.3 Å². The summed E-state index contributed by atoms with van der Waals surface area (Å²) in [5.41, 5.74) is 4.29. The Morgan fingerprint density at radius 2 is 1.72 bits per heavy atom. The lowest BCUT2D eigenvalue weighted by Gasteiger charge is -2.31. The Labute approximate surface area is 151 Å². The van der Waals surface area contributed by atoms with Crippen LogP contribution >= 0.6 is 11.6 Å². The third kappa shape index (κ3) is 2.63. The highest BCUT2D eigenvalue weighted by Gasteiger charge is 2.41. The topological polar surface area (TPSA) is 40.6 Å². The van der Waals surface area contributed by atoms with Gasteiger partial charge in [0.25, 0.3) is 11.8 Å². The Hall–Kier alpha value is -2.59. The Morgan fingerprint density at radius 3 is 2.48 bits per heavy atom. The van der Waals surface area contributed by atoms with E-state index in [9.17, 15) is 9.59 Å². The van der Waals surface area contributed by atoms with Crippen molar-refractivity contribution in [3.8, 4) is 0 Å². The average Bonchev–Trinajstić information content (AvgIpc) is 2.84. The van der Waals surface area contributed by atoms with E-state index in [0.29, 0.717) is 24.5 Å². The molecule has 0 spiro atoms. The zero-order valence-electron chi connectivity index (χ0n) is 13.8. The Kier molecular flexibility index (Phi) is 3.85. The molecule has 0 fully saturated rings. The minimum atomic E-state index is -0.453. The van der Waals surface area contributed by atoms with E-state index in [0.717, 1.165) is 12.0 Å². The van der Waals surface area contributed by atoms with Gasteiger partial charge in [0.2, 0.25) is 0 Å². The smallest absolute Gasteiger partial charge is 0.283 e. The first-order valence-corrected chi connectivity index (χ1v) is 8.61. The maximum absolute atomic E-state index is 13.0. The molecule has 0 aromatic heterocycles. The number of carbonyl (C=O) groups is 2. The molecule has 4 nitrogen and oxygen atoms in total. The van der Waals surface area contributed by atoms with Crippen LogP contribution in [0.3, 0.4) is 0 Å². The SMILES string of the molecule is Cc1cccc(N2C(=O)C(Cl)=C(N3CCc4ccccc4C3)C2=O)c1. The fourth-order valence-electron chi connectivity index (χ4n) is 3.45. The van der Waals surface area contributed by atoms with Crippen LogP contribution in [0.4, 0.5) is 5.69 Å². The van der Waals surface area contributed by atoms with Crippen molar-refractivity contribution < 1.29 is 9.59 Å². The molecule has 0 unspecified atom stereocenters. The van der Waals surface area contributed by atoms with E-state index >= 15 is 0 Å². The standard InChI is InChI=1S/C20H17ClN2O2/c1-13-5-4-8-16(11-13)23-19(24)17(21)18(20(23)25)22-10-9-14-6-2-3-7-15(14)12-22/h2-8,11H,9-10,12H2,1H3. The van der Waals surface area contributed by atoms with Crippen LogP contribution < -0.4 is 4.90 Å². The van der Waals surface area contributed by atoms with Crippen molar-refractivity contribution in [3.05, 3.63) is 76.0 Å². The van der Waals surface area contributed by atoms with E-state index in [2.05, 4.69) is 12.1 Å². The maximum Gasteiger partial charge on any atom is 0.283 e. The van der Waals surface area contributed by atoms with E-state index in [4.69, 9.17) is 11.6 Å². The van der Waals surface area contributed by atoms with Crippen LogP contribution in [0.25, 0.3) is 0 Å². The lowest BCUT2D eigenvalue weighted by molar-refractivity contribution is -0.121. The second-order valence-corrected chi connectivity index (χ2v) is 6.77. The molecule has 0 N–H and O–H groups in total. The first-order chi connectivity index (χ1) is 12.1. The Bertz CT molecular complexity index is 919. The van der Waals surface area contributed by atoms with E-state index in [-0.39, 0.29) is 10.9 Å². The fraction of sp³-hybridized carbons (Fsp3) is 0.200. The van der Waals surface area contributed by atoms with Crippen molar-refractivity contribution in [2.45, 2.75) is 19.9 Å². The van der Waals surface area contributed by atoms with Crippen LogP contribution in [0.2, 0.25) is 0 Å². The van der Waals surface area contributed by atoms with Crippen molar-refractivity contribution in [2.75, 3.05) is 11.4 Å². The highest BCUT2D eigenvalue weighted by Crippen LogP contribution is 2.33. The molecule has 2 amide bonds. The summed E-state index contributed by atoms with van der Waals surface area (Å²) in [6, 6.07) is 15.5. The lowest BCUT2D eigenvalue weighted by atomic mass is 9.99. The molecule has 0 bridgehead atoms. The van der Waals surface area contributed by atoms with Gasteiger partial charge in [-0.2, -0.15) is 0 Å². The summed E-state index contributed by atoms with van der Waals surface area (Å²) in [7, 11) is 0. The molecule has 0 radical (unpaired) electrons. The molecule has 2 aliphatic heterocycles. The monoisotopic (exact) mass is 352 g/mol. The number of fused-ring (bicyclic) bond motifs is 1. The molecule has 5 heteroatoms. The highest BCUT2D eigenvalue weighted by atomic mass is 35.5. The van der Waals surface area contributed by atoms with E-state index < -0.39 is 5.91 Å². The number of anilines is 1. The largest absolute Gasteiger partial charge is 0.361 e. The van der Waals surface area contributed by atoms with Gasteiger partial charge in [-0.05, 0) is 42.2 Å². The molecule has 2 aromatic rings. The molecule has 0 atom stereocenters. The number of halogens is 1. The summed E-state index contributed by atoms with van der Waals surface area (Å²) < 4.78 is 0. The number of hydrogen-bond donors (Lipinski definition) is 0. The molecular weight excluding hydrogens is 336 g/mol. The minimum absolute atomic E-state index is 0.00545. The fourth-order valence-corrected chi connectivity index (χ4v) is 3.74. The Morgan fingerprint density at radius 1 is 0.960 bits per heavy atom. The van der Waals surface area contributed by atoms with Crippen molar-refractivity contribution in [1.29, 1.82) is 0 Å². The molecule has 126 valence electrons. The zero-order chi connectivity index (χ0) is 17.6. The predicted molar refractivity (Wildman–Crippen MR) is 97.1 cm³/mol. The van der Waals surface area contributed by atoms with Gasteiger partial charge in [-0.15, -0.1) is 0 Å². The predicted octanol–water partition coefficient (Wildman–Crippen LogP) is 3.38. The average molecular weight is 353 g/mol. The number of nitrogens with zero attached hydrogens (tertiary/aromatic N) is 2. The van der Waals surface area contributed by atoms with Crippen LogP contribution in [0.15, 0.2) is 59.3 Å². The third-order valence-electron chi connectivity index (χ3n) is 4.71. The molecular formula is C20H17ClN2O2. The van der Waals surface area contributed by atoms with Gasteiger partial charge in [-0.3, -0.25) is 9.59 Å². The normalized spacial score (nSPS) is 17.4. The van der Waals surface area contributed by atoms with E-state index in [1.807, 2.05) is 42.2 Å². The number of amides is 2. The molecule has 4 rings (SSSR count). The van der Waals surface area contributed by atoms with Gasteiger partial charge in [0.1, 0.15) is 10.7 Å². The molecule has 0 aliphatic carbocycles. The van der Waals surface area contributed by atoms with Crippen LogP contribution in [-0.2, 0) is 22.6 Å². The molecule has 2 aliphatic rings. The van der Waals surface area contributed by atoms with Gasteiger partial charge < -0.3 is 4.90 Å². The van der Waals surface area contributed by atoms with Crippen LogP contribution in [0.1, 0.15) is 16.7 Å². The van der Waals surface area contributed by atoms with Gasteiger partial charge in [0.15, 0.2) is 0 Å². The van der Waals surface area contributed by atoms with Gasteiger partial charge in [0.05, 0.1) is 5.69 Å². The lowest BCUT2D eigenvalue weighted by Crippen LogP contribution is -2.37. The van der Waals surface area contributed by atoms with Gasteiger partial charge in [-0.1, -0.05) is 48.0 Å². The summed E-state index contributed by atoms with van der Waals surface area (Å²) in [6.07, 6.45) is 0.829. The van der Waals surface area contributed by atoms with Gasteiger partial charge >= 0.3 is 0 Å². The summed E-state index contributed by atoms with van der Waals surface area (Å²) in [5, 5.41) is 0.00545. The number of hydrogen-bond acceptors (Lipinski definition) is 3. The highest BCUT2D eigenvalue weighted by molar-refractivity contribution is 6.52. The van der Waals surface area contributed by atoms with Crippen LogP contribution in [0, 0.1) is 6.92 Å². The van der Waals surface area contributed by atoms with Gasteiger partial charge in [0, 0.05) is 13.1 Å². The summed E-state index contributed by atoms with van der Waals surface area (Å²) in [5.74, 6) is -0.800. The number of aryl methyl sites for hydroxylation is 1. The van der Waals surface area contributed by atoms with Crippen molar-refractivity contribution in [3.63, 3.8) is 0 Å². The number of carbonyl (C=O) groups excluding carboxylic acids is 2. The summed E-state index contributed by atoms with van der Waals surface area (Å²) in [6.45, 7) is 3.18. The molecule has 0 saturated carbocycles. The number of imide groups is 1. The summed E-state index contributed by atoms with van der Waals surface area (Å²) in [4.78, 5) is 28.7. The second-order valence-electron chi connectivity index (χ2n) is 6.39. The maximum atomic E-state index is 13.0. The van der Waals surface area contributed by atoms with Crippen LogP contribution in [0.5, 0.6) is 0 Å². The minimum Gasteiger partial charge on any atom is -0.361 e.